The van der Waals surface area contributed by atoms with Gasteiger partial charge in [0.25, 0.3) is 0 Å². The average Bonchev–Trinajstić information content (AvgIpc) is 2.51. The molecule has 0 aromatic carbocycles. The Hall–Kier alpha value is -0.830. The van der Waals surface area contributed by atoms with Gasteiger partial charge in [-0.3, -0.25) is 9.56 Å². The van der Waals surface area contributed by atoms with Crippen molar-refractivity contribution in [2.24, 2.45) is 10.9 Å². The first-order valence-corrected chi connectivity index (χ1v) is 5.30. The van der Waals surface area contributed by atoms with Gasteiger partial charge in [-0.15, -0.1) is 11.3 Å². The second-order valence-corrected chi connectivity index (χ2v) is 4.22. The van der Waals surface area contributed by atoms with Crippen molar-refractivity contribution in [3.05, 3.63) is 22.0 Å². The molecule has 0 saturated heterocycles. The van der Waals surface area contributed by atoms with Crippen LogP contribution in [0.5, 0.6) is 0 Å². The van der Waals surface area contributed by atoms with Gasteiger partial charge < -0.3 is 0 Å². The molecule has 0 aliphatic heterocycles. The fourth-order valence-electron chi connectivity index (χ4n) is 0.916. The zero-order valence-electron chi connectivity index (χ0n) is 8.61. The molecular weight excluding hydrogens is 180 g/mol. The lowest BCUT2D eigenvalue weighted by Gasteiger charge is -2.04. The minimum Gasteiger partial charge on any atom is -0.300 e. The van der Waals surface area contributed by atoms with Gasteiger partial charge in [0, 0.05) is 24.8 Å². The van der Waals surface area contributed by atoms with Crippen molar-refractivity contribution in [1.29, 1.82) is 0 Å². The van der Waals surface area contributed by atoms with Crippen LogP contribution in [0.1, 0.15) is 20.8 Å². The SMILES string of the molecule is C/N=c1/sccn1/C=C(\C)C(C)C. The van der Waals surface area contributed by atoms with E-state index >= 15 is 0 Å². The van der Waals surface area contributed by atoms with Gasteiger partial charge in [-0.2, -0.15) is 0 Å². The number of thiazole rings is 1. The van der Waals surface area contributed by atoms with E-state index in [1.54, 1.807) is 11.3 Å². The quantitative estimate of drug-likeness (QED) is 0.692. The summed E-state index contributed by atoms with van der Waals surface area (Å²) in [4.78, 5) is 5.22. The van der Waals surface area contributed by atoms with E-state index in [0.29, 0.717) is 5.92 Å². The lowest BCUT2D eigenvalue weighted by atomic mass is 10.1. The summed E-state index contributed by atoms with van der Waals surface area (Å²) in [5.74, 6) is 0.595. The Kier molecular flexibility index (Phi) is 3.48. The van der Waals surface area contributed by atoms with Crippen LogP contribution >= 0.6 is 11.3 Å². The smallest absolute Gasteiger partial charge is 0.188 e. The summed E-state index contributed by atoms with van der Waals surface area (Å²) in [6.07, 6.45) is 4.18. The summed E-state index contributed by atoms with van der Waals surface area (Å²) >= 11 is 1.65. The average molecular weight is 196 g/mol. The molecule has 0 atom stereocenters. The molecular formula is C10H16N2S. The molecule has 0 aliphatic carbocycles. The van der Waals surface area contributed by atoms with Crippen molar-refractivity contribution in [1.82, 2.24) is 4.57 Å². The fraction of sp³-hybridized carbons (Fsp3) is 0.500. The second-order valence-electron chi connectivity index (χ2n) is 3.34. The number of allylic oxidation sites excluding steroid dienone is 1. The molecule has 1 aromatic heterocycles. The maximum atomic E-state index is 4.18. The molecule has 2 nitrogen and oxygen atoms in total. The summed E-state index contributed by atoms with van der Waals surface area (Å²) < 4.78 is 2.07. The minimum absolute atomic E-state index is 0.595. The molecule has 72 valence electrons. The number of hydrogen-bond donors (Lipinski definition) is 0. The lowest BCUT2D eigenvalue weighted by Crippen LogP contribution is -2.08. The Morgan fingerprint density at radius 2 is 2.31 bits per heavy atom. The predicted molar refractivity (Wildman–Crippen MR) is 58.6 cm³/mol. The van der Waals surface area contributed by atoms with E-state index in [0.717, 1.165) is 4.80 Å². The van der Waals surface area contributed by atoms with Crippen LogP contribution in [0, 0.1) is 5.92 Å². The first kappa shape index (κ1) is 10.3. The maximum absolute atomic E-state index is 4.18. The molecule has 0 saturated carbocycles. The molecule has 0 fully saturated rings. The van der Waals surface area contributed by atoms with Crippen LogP contribution in [-0.2, 0) is 0 Å². The van der Waals surface area contributed by atoms with Gasteiger partial charge in [0.05, 0.1) is 0 Å². The first-order chi connectivity index (χ1) is 6.15. The third kappa shape index (κ3) is 2.56. The highest BCUT2D eigenvalue weighted by molar-refractivity contribution is 7.07. The van der Waals surface area contributed by atoms with Crippen LogP contribution in [0.2, 0.25) is 0 Å². The van der Waals surface area contributed by atoms with E-state index in [2.05, 4.69) is 36.5 Å². The third-order valence-electron chi connectivity index (χ3n) is 2.06. The molecule has 13 heavy (non-hydrogen) atoms. The van der Waals surface area contributed by atoms with Gasteiger partial charge in [0.15, 0.2) is 4.80 Å². The zero-order chi connectivity index (χ0) is 9.84. The normalized spacial score (nSPS) is 14.2. The first-order valence-electron chi connectivity index (χ1n) is 4.42. The fourth-order valence-corrected chi connectivity index (χ4v) is 1.57. The van der Waals surface area contributed by atoms with Crippen molar-refractivity contribution in [3.63, 3.8) is 0 Å². The highest BCUT2D eigenvalue weighted by Crippen LogP contribution is 2.08. The second kappa shape index (κ2) is 4.42. The van der Waals surface area contributed by atoms with Crippen LogP contribution in [0.3, 0.4) is 0 Å². The molecule has 1 heterocycles. The van der Waals surface area contributed by atoms with Crippen molar-refractivity contribution >= 4 is 17.5 Å². The number of nitrogens with zero attached hydrogens (tertiary/aromatic N) is 2. The highest BCUT2D eigenvalue weighted by Gasteiger charge is 1.96. The summed E-state index contributed by atoms with van der Waals surface area (Å²) in [5, 5.41) is 2.05. The molecule has 3 heteroatoms. The van der Waals surface area contributed by atoms with Crippen LogP contribution < -0.4 is 4.80 Å². The van der Waals surface area contributed by atoms with Crippen molar-refractivity contribution < 1.29 is 0 Å². The van der Waals surface area contributed by atoms with Crippen molar-refractivity contribution in [2.45, 2.75) is 20.8 Å². The minimum atomic E-state index is 0.595. The van der Waals surface area contributed by atoms with E-state index in [1.807, 2.05) is 18.6 Å². The maximum Gasteiger partial charge on any atom is 0.188 e. The highest BCUT2D eigenvalue weighted by atomic mass is 32.1. The van der Waals surface area contributed by atoms with E-state index < -0.39 is 0 Å². The topological polar surface area (TPSA) is 17.3 Å². The molecule has 0 unspecified atom stereocenters. The Morgan fingerprint density at radius 1 is 1.62 bits per heavy atom. The van der Waals surface area contributed by atoms with Gasteiger partial charge in [0.2, 0.25) is 0 Å². The van der Waals surface area contributed by atoms with Crippen molar-refractivity contribution in [2.75, 3.05) is 7.05 Å². The largest absolute Gasteiger partial charge is 0.300 e. The third-order valence-corrected chi connectivity index (χ3v) is 2.92. The summed E-state index contributed by atoms with van der Waals surface area (Å²) in [6.45, 7) is 6.54. The van der Waals surface area contributed by atoms with Gasteiger partial charge in [-0.05, 0) is 12.8 Å². The Labute approximate surface area is 83.3 Å². The monoisotopic (exact) mass is 196 g/mol. The van der Waals surface area contributed by atoms with Gasteiger partial charge in [-0.25, -0.2) is 0 Å². The van der Waals surface area contributed by atoms with Gasteiger partial charge in [-0.1, -0.05) is 19.4 Å². The van der Waals surface area contributed by atoms with Crippen molar-refractivity contribution in [3.8, 4) is 0 Å². The molecule has 1 rings (SSSR count). The number of hydrogen-bond acceptors (Lipinski definition) is 2. The van der Waals surface area contributed by atoms with Crippen LogP contribution in [0.15, 0.2) is 22.1 Å². The summed E-state index contributed by atoms with van der Waals surface area (Å²) in [5.41, 5.74) is 1.37. The Morgan fingerprint density at radius 3 is 2.85 bits per heavy atom. The number of rotatable bonds is 2. The number of aromatic nitrogens is 1. The van der Waals surface area contributed by atoms with Gasteiger partial charge >= 0.3 is 0 Å². The molecule has 1 aromatic rings. The summed E-state index contributed by atoms with van der Waals surface area (Å²) in [7, 11) is 1.82. The van der Waals surface area contributed by atoms with E-state index in [9.17, 15) is 0 Å². The van der Waals surface area contributed by atoms with E-state index in [4.69, 9.17) is 0 Å². The molecule has 0 spiro atoms. The van der Waals surface area contributed by atoms with Crippen LogP contribution in [-0.4, -0.2) is 11.6 Å². The molecule has 0 radical (unpaired) electrons. The Balaban J connectivity index is 3.04. The predicted octanol–water partition coefficient (Wildman–Crippen LogP) is 2.60. The summed E-state index contributed by atoms with van der Waals surface area (Å²) in [6, 6.07) is 0. The van der Waals surface area contributed by atoms with E-state index in [-0.39, 0.29) is 0 Å². The molecule has 0 N–H and O–H groups in total. The molecule has 0 aliphatic rings. The van der Waals surface area contributed by atoms with Gasteiger partial charge in [0.1, 0.15) is 0 Å². The Bertz CT molecular complexity index is 355. The molecule has 0 bridgehead atoms. The lowest BCUT2D eigenvalue weighted by molar-refractivity contribution is 0.768. The van der Waals surface area contributed by atoms with Crippen LogP contribution in [0.4, 0.5) is 0 Å². The molecule has 0 amide bonds. The van der Waals surface area contributed by atoms with E-state index in [1.165, 1.54) is 5.57 Å². The standard InChI is InChI=1S/C10H16N2S/c1-8(2)9(3)7-12-5-6-13-10(12)11-4/h5-8H,1-4H3/b9-7+,11-10+. The zero-order valence-corrected chi connectivity index (χ0v) is 9.43. The van der Waals surface area contributed by atoms with Crippen LogP contribution in [0.25, 0.3) is 6.20 Å².